The van der Waals surface area contributed by atoms with Crippen LogP contribution < -0.4 is 5.32 Å². The molecule has 2 heterocycles. The van der Waals surface area contributed by atoms with Crippen molar-refractivity contribution < 1.29 is 5.11 Å². The van der Waals surface area contributed by atoms with Gasteiger partial charge < -0.3 is 15.0 Å². The summed E-state index contributed by atoms with van der Waals surface area (Å²) >= 11 is 1.66. The van der Waals surface area contributed by atoms with E-state index in [1.165, 1.54) is 5.56 Å². The summed E-state index contributed by atoms with van der Waals surface area (Å²) in [5.74, 6) is 1.33. The number of pyridine rings is 1. The van der Waals surface area contributed by atoms with E-state index in [1.54, 1.807) is 24.2 Å². The number of anilines is 1. The van der Waals surface area contributed by atoms with Crippen LogP contribution in [0.3, 0.4) is 0 Å². The second-order valence-corrected chi connectivity index (χ2v) is 9.87. The molecule has 31 heavy (non-hydrogen) atoms. The van der Waals surface area contributed by atoms with Crippen molar-refractivity contribution in [2.75, 3.05) is 5.32 Å². The maximum atomic E-state index is 11.3. The van der Waals surface area contributed by atoms with Gasteiger partial charge in [-0.2, -0.15) is 0 Å². The van der Waals surface area contributed by atoms with Gasteiger partial charge in [0.15, 0.2) is 11.0 Å². The third-order valence-electron chi connectivity index (χ3n) is 6.10. The molecule has 0 saturated heterocycles. The van der Waals surface area contributed by atoms with Crippen LogP contribution in [0, 0.1) is 0 Å². The number of rotatable bonds is 8. The summed E-state index contributed by atoms with van der Waals surface area (Å²) in [7, 11) is 0. The Balaban J connectivity index is 1.57. The second kappa shape index (κ2) is 9.40. The molecule has 1 aromatic carbocycles. The summed E-state index contributed by atoms with van der Waals surface area (Å²) in [6.45, 7) is 7.24. The number of benzene rings is 1. The number of nitrogens with zero attached hydrogens (tertiary/aromatic N) is 4. The maximum absolute atomic E-state index is 11.3. The Hall–Kier alpha value is -2.38. The Morgan fingerprint density at radius 2 is 1.74 bits per heavy atom. The first-order chi connectivity index (χ1) is 15.0. The van der Waals surface area contributed by atoms with E-state index in [9.17, 15) is 5.11 Å². The zero-order valence-electron chi connectivity index (χ0n) is 18.5. The first-order valence-corrected chi connectivity index (χ1v) is 11.9. The van der Waals surface area contributed by atoms with Crippen LogP contribution in [-0.2, 0) is 6.54 Å². The normalized spacial score (nSPS) is 16.5. The highest BCUT2D eigenvalue weighted by molar-refractivity contribution is 8.00. The lowest BCUT2D eigenvalue weighted by Crippen LogP contribution is -2.42. The van der Waals surface area contributed by atoms with Gasteiger partial charge >= 0.3 is 0 Å². The number of nitrogens with one attached hydrogen (secondary N) is 1. The second-order valence-electron chi connectivity index (χ2n) is 8.48. The van der Waals surface area contributed by atoms with Gasteiger partial charge in [-0.3, -0.25) is 4.98 Å². The predicted molar refractivity (Wildman–Crippen MR) is 126 cm³/mol. The van der Waals surface area contributed by atoms with Crippen molar-refractivity contribution in [3.05, 3.63) is 54.4 Å². The molecular weight excluding hydrogens is 406 g/mol. The van der Waals surface area contributed by atoms with E-state index < -0.39 is 6.23 Å². The van der Waals surface area contributed by atoms with Gasteiger partial charge in [0, 0.05) is 30.2 Å². The molecule has 4 rings (SSSR count). The van der Waals surface area contributed by atoms with Crippen molar-refractivity contribution >= 4 is 17.4 Å². The molecule has 1 saturated carbocycles. The summed E-state index contributed by atoms with van der Waals surface area (Å²) in [5.41, 5.74) is 3.24. The largest absolute Gasteiger partial charge is 0.372 e. The van der Waals surface area contributed by atoms with Crippen LogP contribution in [0.25, 0.3) is 11.4 Å². The van der Waals surface area contributed by atoms with Crippen LogP contribution in [0.1, 0.15) is 57.9 Å². The molecule has 1 atom stereocenters. The molecule has 2 N–H and O–H groups in total. The minimum Gasteiger partial charge on any atom is -0.372 e. The van der Waals surface area contributed by atoms with Gasteiger partial charge in [0.2, 0.25) is 0 Å². The van der Waals surface area contributed by atoms with E-state index in [0.717, 1.165) is 54.5 Å². The summed E-state index contributed by atoms with van der Waals surface area (Å²) < 4.78 is 1.80. The van der Waals surface area contributed by atoms with Gasteiger partial charge in [-0.05, 0) is 55.5 Å². The van der Waals surface area contributed by atoms with Gasteiger partial charge in [-0.25, -0.2) is 0 Å². The molecule has 6 nitrogen and oxygen atoms in total. The predicted octanol–water partition coefficient (Wildman–Crippen LogP) is 5.32. The Morgan fingerprint density at radius 3 is 2.35 bits per heavy atom. The van der Waals surface area contributed by atoms with Crippen molar-refractivity contribution in [2.45, 2.75) is 75.0 Å². The van der Waals surface area contributed by atoms with E-state index in [4.69, 9.17) is 0 Å². The molecule has 1 unspecified atom stereocenters. The third kappa shape index (κ3) is 4.62. The summed E-state index contributed by atoms with van der Waals surface area (Å²) in [5, 5.41) is 24.5. The van der Waals surface area contributed by atoms with E-state index in [0.29, 0.717) is 5.92 Å². The number of hydrogen-bond acceptors (Lipinski definition) is 6. The zero-order chi connectivity index (χ0) is 21.8. The van der Waals surface area contributed by atoms with Gasteiger partial charge in [0.1, 0.15) is 6.23 Å². The molecule has 0 spiro atoms. The van der Waals surface area contributed by atoms with Crippen LogP contribution in [0.4, 0.5) is 5.69 Å². The standard InChI is InChI=1S/C24H31N5OS/c1-4-29-21(19-11-15-25-16-12-19)27-28-23(29)31-24(13-5-6-14-24)22(30)26-20-9-7-18(8-10-20)17(2)3/h7-12,15-17,22,26,30H,4-6,13-14H2,1-3H3. The lowest BCUT2D eigenvalue weighted by Gasteiger charge is -2.34. The zero-order valence-corrected chi connectivity index (χ0v) is 19.3. The molecule has 1 fully saturated rings. The van der Waals surface area contributed by atoms with Crippen LogP contribution in [-0.4, -0.2) is 35.8 Å². The lowest BCUT2D eigenvalue weighted by atomic mass is 10.0. The minimum absolute atomic E-state index is 0.327. The Kier molecular flexibility index (Phi) is 6.62. The van der Waals surface area contributed by atoms with Gasteiger partial charge in [-0.15, -0.1) is 10.2 Å². The fourth-order valence-corrected chi connectivity index (χ4v) is 5.64. The molecule has 2 aromatic heterocycles. The number of thioether (sulfide) groups is 1. The third-order valence-corrected chi connectivity index (χ3v) is 7.62. The fourth-order valence-electron chi connectivity index (χ4n) is 4.20. The topological polar surface area (TPSA) is 75.9 Å². The monoisotopic (exact) mass is 437 g/mol. The van der Waals surface area contributed by atoms with E-state index >= 15 is 0 Å². The van der Waals surface area contributed by atoms with Gasteiger partial charge in [-0.1, -0.05) is 50.6 Å². The molecule has 7 heteroatoms. The van der Waals surface area contributed by atoms with E-state index in [-0.39, 0.29) is 4.75 Å². The summed E-state index contributed by atoms with van der Waals surface area (Å²) in [6, 6.07) is 12.3. The van der Waals surface area contributed by atoms with E-state index in [1.807, 2.05) is 12.1 Å². The molecule has 164 valence electrons. The van der Waals surface area contributed by atoms with Gasteiger partial charge in [0.05, 0.1) is 4.75 Å². The highest BCUT2D eigenvalue weighted by Crippen LogP contribution is 2.47. The summed E-state index contributed by atoms with van der Waals surface area (Å²) in [6.07, 6.45) is 6.97. The highest BCUT2D eigenvalue weighted by Gasteiger charge is 2.43. The molecule has 0 aliphatic heterocycles. The number of aliphatic hydroxyl groups excluding tert-OH is 1. The molecule has 1 aliphatic rings. The number of aromatic nitrogens is 4. The maximum Gasteiger partial charge on any atom is 0.192 e. The van der Waals surface area contributed by atoms with Crippen LogP contribution in [0.15, 0.2) is 53.9 Å². The van der Waals surface area contributed by atoms with Crippen LogP contribution >= 0.6 is 11.8 Å². The van der Waals surface area contributed by atoms with Gasteiger partial charge in [0.25, 0.3) is 0 Å². The van der Waals surface area contributed by atoms with Crippen molar-refractivity contribution in [2.24, 2.45) is 0 Å². The van der Waals surface area contributed by atoms with Crippen molar-refractivity contribution in [1.82, 2.24) is 19.7 Å². The first-order valence-electron chi connectivity index (χ1n) is 11.1. The Labute approximate surface area is 188 Å². The molecule has 0 bridgehead atoms. The van der Waals surface area contributed by atoms with Crippen molar-refractivity contribution in [1.29, 1.82) is 0 Å². The minimum atomic E-state index is -0.670. The Morgan fingerprint density at radius 1 is 1.06 bits per heavy atom. The van der Waals surface area contributed by atoms with Crippen LogP contribution in [0.2, 0.25) is 0 Å². The number of aliphatic hydroxyl groups is 1. The first kappa shape index (κ1) is 21.8. The Bertz CT molecular complexity index is 981. The van der Waals surface area contributed by atoms with E-state index in [2.05, 4.69) is 70.1 Å². The average Bonchev–Trinajstić information content (AvgIpc) is 3.42. The SMILES string of the molecule is CCn1c(SC2(C(O)Nc3ccc(C(C)C)cc3)CCCC2)nnc1-c1ccncc1. The average molecular weight is 438 g/mol. The molecule has 3 aromatic rings. The lowest BCUT2D eigenvalue weighted by molar-refractivity contribution is 0.156. The molecular formula is C24H31N5OS. The molecule has 0 amide bonds. The molecule has 0 radical (unpaired) electrons. The highest BCUT2D eigenvalue weighted by atomic mass is 32.2. The van der Waals surface area contributed by atoms with Crippen molar-refractivity contribution in [3.63, 3.8) is 0 Å². The summed E-state index contributed by atoms with van der Waals surface area (Å²) in [4.78, 5) is 4.10. The molecule has 1 aliphatic carbocycles. The number of hydrogen-bond donors (Lipinski definition) is 2. The van der Waals surface area contributed by atoms with Crippen molar-refractivity contribution in [3.8, 4) is 11.4 Å². The van der Waals surface area contributed by atoms with Crippen LogP contribution in [0.5, 0.6) is 0 Å². The quantitative estimate of drug-likeness (QED) is 0.465. The smallest absolute Gasteiger partial charge is 0.192 e. The fraction of sp³-hybridized carbons (Fsp3) is 0.458.